The number of nitrogens with two attached hydrogens (primary N) is 1. The van der Waals surface area contributed by atoms with Crippen LogP contribution in [0, 0.1) is 0 Å². The standard InChI is InChI=1S/C10H12N4O2S/c1-14(9-4-2-3-8(11)5-9)17(15,16)10-6-12-7-13-10/h2-7H,11H2,1H3,(H,12,13). The minimum absolute atomic E-state index is 0.0439. The van der Waals surface area contributed by atoms with Crippen LogP contribution in [0.3, 0.4) is 0 Å². The number of sulfonamides is 1. The van der Waals surface area contributed by atoms with Crippen LogP contribution < -0.4 is 10.0 Å². The van der Waals surface area contributed by atoms with Crippen LogP contribution in [0.25, 0.3) is 0 Å². The van der Waals surface area contributed by atoms with Crippen molar-refractivity contribution >= 4 is 21.4 Å². The second kappa shape index (κ2) is 4.10. The number of H-pyrrole nitrogens is 1. The SMILES string of the molecule is CN(c1cccc(N)c1)S(=O)(=O)c1cnc[nH]1. The molecule has 0 amide bonds. The van der Waals surface area contributed by atoms with Crippen molar-refractivity contribution in [2.45, 2.75) is 5.03 Å². The van der Waals surface area contributed by atoms with Gasteiger partial charge in [-0.1, -0.05) is 6.07 Å². The molecule has 1 aromatic carbocycles. The molecule has 0 saturated heterocycles. The van der Waals surface area contributed by atoms with Gasteiger partial charge >= 0.3 is 0 Å². The molecular weight excluding hydrogens is 240 g/mol. The summed E-state index contributed by atoms with van der Waals surface area (Å²) < 4.78 is 25.4. The maximum Gasteiger partial charge on any atom is 0.281 e. The second-order valence-corrected chi connectivity index (χ2v) is 5.42. The Balaban J connectivity index is 2.42. The number of rotatable bonds is 3. The van der Waals surface area contributed by atoms with Crippen LogP contribution in [0.4, 0.5) is 11.4 Å². The van der Waals surface area contributed by atoms with Crippen LogP contribution in [0.5, 0.6) is 0 Å². The molecule has 0 aliphatic heterocycles. The largest absolute Gasteiger partial charge is 0.399 e. The molecule has 2 rings (SSSR count). The van der Waals surface area contributed by atoms with Gasteiger partial charge < -0.3 is 10.7 Å². The topological polar surface area (TPSA) is 92.1 Å². The fourth-order valence-electron chi connectivity index (χ4n) is 1.39. The first kappa shape index (κ1) is 11.5. The average molecular weight is 252 g/mol. The van der Waals surface area contributed by atoms with Gasteiger partial charge in [-0.15, -0.1) is 0 Å². The highest BCUT2D eigenvalue weighted by Gasteiger charge is 2.22. The minimum atomic E-state index is -3.61. The highest BCUT2D eigenvalue weighted by molar-refractivity contribution is 7.92. The number of nitrogens with zero attached hydrogens (tertiary/aromatic N) is 2. The molecule has 90 valence electrons. The van der Waals surface area contributed by atoms with Gasteiger partial charge in [-0.25, -0.2) is 4.98 Å². The third-order valence-electron chi connectivity index (χ3n) is 2.35. The van der Waals surface area contributed by atoms with Crippen LogP contribution in [0.15, 0.2) is 41.8 Å². The number of nitrogen functional groups attached to an aromatic ring is 1. The van der Waals surface area contributed by atoms with E-state index in [1.54, 1.807) is 24.3 Å². The van der Waals surface area contributed by atoms with E-state index in [0.717, 1.165) is 4.31 Å². The summed E-state index contributed by atoms with van der Waals surface area (Å²) in [5, 5.41) is 0.0439. The van der Waals surface area contributed by atoms with Crippen molar-refractivity contribution in [1.29, 1.82) is 0 Å². The Labute approximate surface area is 99.1 Å². The Morgan fingerprint density at radius 2 is 2.18 bits per heavy atom. The third-order valence-corrected chi connectivity index (χ3v) is 4.06. The zero-order chi connectivity index (χ0) is 12.5. The molecule has 17 heavy (non-hydrogen) atoms. The van der Waals surface area contributed by atoms with E-state index in [1.165, 1.54) is 19.6 Å². The van der Waals surface area contributed by atoms with Crippen molar-refractivity contribution in [1.82, 2.24) is 9.97 Å². The summed E-state index contributed by atoms with van der Waals surface area (Å²) in [6, 6.07) is 6.65. The van der Waals surface area contributed by atoms with Crippen LogP contribution in [-0.2, 0) is 10.0 Å². The van der Waals surface area contributed by atoms with E-state index in [1.807, 2.05) is 0 Å². The molecule has 0 saturated carbocycles. The molecule has 0 atom stereocenters. The van der Waals surface area contributed by atoms with Gasteiger partial charge in [0, 0.05) is 12.7 Å². The van der Waals surface area contributed by atoms with E-state index in [4.69, 9.17) is 5.73 Å². The van der Waals surface area contributed by atoms with E-state index in [2.05, 4.69) is 9.97 Å². The van der Waals surface area contributed by atoms with Crippen molar-refractivity contribution in [3.05, 3.63) is 36.8 Å². The van der Waals surface area contributed by atoms with Crippen LogP contribution in [0.2, 0.25) is 0 Å². The number of hydrogen-bond acceptors (Lipinski definition) is 4. The van der Waals surface area contributed by atoms with Crippen molar-refractivity contribution in [2.24, 2.45) is 0 Å². The fourth-order valence-corrected chi connectivity index (χ4v) is 2.47. The van der Waals surface area contributed by atoms with E-state index in [-0.39, 0.29) is 5.03 Å². The lowest BCUT2D eigenvalue weighted by Gasteiger charge is -2.18. The summed E-state index contributed by atoms with van der Waals surface area (Å²) in [7, 11) is -2.14. The lowest BCUT2D eigenvalue weighted by molar-refractivity contribution is 0.591. The lowest BCUT2D eigenvalue weighted by Crippen LogP contribution is -2.26. The van der Waals surface area contributed by atoms with Crippen molar-refractivity contribution < 1.29 is 8.42 Å². The number of hydrogen-bond donors (Lipinski definition) is 2. The Kier molecular flexibility index (Phi) is 2.76. The first-order valence-electron chi connectivity index (χ1n) is 4.84. The molecule has 0 bridgehead atoms. The Morgan fingerprint density at radius 3 is 2.76 bits per heavy atom. The van der Waals surface area contributed by atoms with Gasteiger partial charge in [-0.3, -0.25) is 4.31 Å². The van der Waals surface area contributed by atoms with Gasteiger partial charge in [0.1, 0.15) is 0 Å². The Hall–Kier alpha value is -2.02. The zero-order valence-corrected chi connectivity index (χ0v) is 9.98. The highest BCUT2D eigenvalue weighted by atomic mass is 32.2. The van der Waals surface area contributed by atoms with Gasteiger partial charge in [0.2, 0.25) is 0 Å². The summed E-state index contributed by atoms with van der Waals surface area (Å²) in [6.45, 7) is 0. The quantitative estimate of drug-likeness (QED) is 0.791. The zero-order valence-electron chi connectivity index (χ0n) is 9.16. The number of aromatic nitrogens is 2. The molecule has 0 aliphatic carbocycles. The lowest BCUT2D eigenvalue weighted by atomic mass is 10.3. The summed E-state index contributed by atoms with van der Waals surface area (Å²) in [5.41, 5.74) is 6.62. The first-order valence-corrected chi connectivity index (χ1v) is 6.28. The summed E-state index contributed by atoms with van der Waals surface area (Å²) in [6.07, 6.45) is 2.58. The molecule has 0 spiro atoms. The maximum absolute atomic E-state index is 12.1. The molecular formula is C10H12N4O2S. The summed E-state index contributed by atoms with van der Waals surface area (Å²) >= 11 is 0. The number of aromatic amines is 1. The van der Waals surface area contributed by atoms with Crippen molar-refractivity contribution in [3.8, 4) is 0 Å². The molecule has 0 radical (unpaired) electrons. The van der Waals surface area contributed by atoms with Crippen LogP contribution >= 0.6 is 0 Å². The molecule has 1 aromatic heterocycles. The van der Waals surface area contributed by atoms with Gasteiger partial charge in [0.25, 0.3) is 10.0 Å². The van der Waals surface area contributed by atoms with E-state index in [9.17, 15) is 8.42 Å². The van der Waals surface area contributed by atoms with Crippen molar-refractivity contribution in [3.63, 3.8) is 0 Å². The molecule has 1 heterocycles. The first-order chi connectivity index (χ1) is 8.01. The molecule has 0 fully saturated rings. The third kappa shape index (κ3) is 2.09. The van der Waals surface area contributed by atoms with Gasteiger partial charge in [0.05, 0.1) is 18.2 Å². The average Bonchev–Trinajstić information content (AvgIpc) is 2.82. The molecule has 0 unspecified atom stereocenters. The molecule has 6 nitrogen and oxygen atoms in total. The van der Waals surface area contributed by atoms with Gasteiger partial charge in [-0.05, 0) is 18.2 Å². The fraction of sp³-hybridized carbons (Fsp3) is 0.100. The number of anilines is 2. The number of nitrogens with one attached hydrogen (secondary N) is 1. The maximum atomic E-state index is 12.1. The Morgan fingerprint density at radius 1 is 1.41 bits per heavy atom. The molecule has 2 aromatic rings. The van der Waals surface area contributed by atoms with E-state index >= 15 is 0 Å². The number of imidazole rings is 1. The van der Waals surface area contributed by atoms with E-state index in [0.29, 0.717) is 11.4 Å². The second-order valence-electron chi connectivity index (χ2n) is 3.48. The number of benzene rings is 1. The van der Waals surface area contributed by atoms with E-state index < -0.39 is 10.0 Å². The smallest absolute Gasteiger partial charge is 0.281 e. The summed E-state index contributed by atoms with van der Waals surface area (Å²) in [4.78, 5) is 6.27. The minimum Gasteiger partial charge on any atom is -0.399 e. The van der Waals surface area contributed by atoms with Crippen molar-refractivity contribution in [2.75, 3.05) is 17.1 Å². The Bertz CT molecular complexity index is 607. The highest BCUT2D eigenvalue weighted by Crippen LogP contribution is 2.22. The molecule has 0 aliphatic rings. The molecule has 7 heteroatoms. The van der Waals surface area contributed by atoms with Crippen LogP contribution in [-0.4, -0.2) is 25.4 Å². The molecule has 3 N–H and O–H groups in total. The predicted octanol–water partition coefficient (Wildman–Crippen LogP) is 0.817. The summed E-state index contributed by atoms with van der Waals surface area (Å²) in [5.74, 6) is 0. The monoisotopic (exact) mass is 252 g/mol. The van der Waals surface area contributed by atoms with Crippen LogP contribution in [0.1, 0.15) is 0 Å². The van der Waals surface area contributed by atoms with Gasteiger partial charge in [0.15, 0.2) is 5.03 Å². The normalized spacial score (nSPS) is 11.4. The van der Waals surface area contributed by atoms with Gasteiger partial charge in [-0.2, -0.15) is 8.42 Å². The predicted molar refractivity (Wildman–Crippen MR) is 65.0 cm³/mol.